The zero-order chi connectivity index (χ0) is 10.3. The van der Waals surface area contributed by atoms with Gasteiger partial charge < -0.3 is 20.9 Å². The molecule has 0 heterocycles. The van der Waals surface area contributed by atoms with Crippen LogP contribution < -0.4 is 11.1 Å². The van der Waals surface area contributed by atoms with Crippen LogP contribution in [0, 0.1) is 0 Å². The summed E-state index contributed by atoms with van der Waals surface area (Å²) in [5, 5.41) is 10.9. The molecule has 0 aromatic rings. The first-order valence-electron chi connectivity index (χ1n) is 3.81. The number of aliphatic carboxylic acids is 1. The second kappa shape index (κ2) is 6.38. The fourth-order valence-corrected chi connectivity index (χ4v) is 0.733. The highest BCUT2D eigenvalue weighted by Gasteiger charge is 2.12. The first-order valence-corrected chi connectivity index (χ1v) is 3.81. The van der Waals surface area contributed by atoms with Crippen LogP contribution in [0.15, 0.2) is 0 Å². The first kappa shape index (κ1) is 11.9. The van der Waals surface area contributed by atoms with Gasteiger partial charge in [0.25, 0.3) is 0 Å². The predicted molar refractivity (Wildman–Crippen MR) is 45.1 cm³/mol. The van der Waals surface area contributed by atoms with Gasteiger partial charge in [0.05, 0.1) is 19.1 Å². The van der Waals surface area contributed by atoms with Crippen molar-refractivity contribution < 1.29 is 19.4 Å². The Bertz CT molecular complexity index is 183. The number of carboxylic acids is 1. The minimum absolute atomic E-state index is 0.108. The summed E-state index contributed by atoms with van der Waals surface area (Å²) in [4.78, 5) is 20.9. The normalized spacial score (nSPS) is 12.2. The van der Waals surface area contributed by atoms with Crippen molar-refractivity contribution in [2.24, 2.45) is 5.73 Å². The standard InChI is InChI=1S/C7H14N2O4/c1-13-5(2-7(11)12)4-9-6(10)3-8/h5H,2-4,8H2,1H3,(H,9,10)(H,11,12). The lowest BCUT2D eigenvalue weighted by atomic mass is 10.2. The Hall–Kier alpha value is -1.14. The fourth-order valence-electron chi connectivity index (χ4n) is 0.733. The van der Waals surface area contributed by atoms with Crippen LogP contribution in [0.3, 0.4) is 0 Å². The van der Waals surface area contributed by atoms with Crippen molar-refractivity contribution in [1.82, 2.24) is 5.32 Å². The first-order chi connectivity index (χ1) is 6.10. The molecule has 0 aliphatic rings. The van der Waals surface area contributed by atoms with Crippen molar-refractivity contribution in [2.45, 2.75) is 12.5 Å². The molecule has 1 atom stereocenters. The highest BCUT2D eigenvalue weighted by Crippen LogP contribution is 1.94. The summed E-state index contributed by atoms with van der Waals surface area (Å²) >= 11 is 0. The molecule has 0 aromatic heterocycles. The van der Waals surface area contributed by atoms with Gasteiger partial charge in [0.15, 0.2) is 0 Å². The Labute approximate surface area is 76.0 Å². The maximum atomic E-state index is 10.7. The summed E-state index contributed by atoms with van der Waals surface area (Å²) in [6.45, 7) is 0.0579. The number of carbonyl (C=O) groups excluding carboxylic acids is 1. The molecule has 0 saturated carbocycles. The molecule has 0 bridgehead atoms. The number of hydrogen-bond donors (Lipinski definition) is 3. The molecule has 1 unspecified atom stereocenters. The van der Waals surface area contributed by atoms with E-state index in [9.17, 15) is 9.59 Å². The lowest BCUT2D eigenvalue weighted by molar-refractivity contribution is -0.140. The number of nitrogens with one attached hydrogen (secondary N) is 1. The maximum absolute atomic E-state index is 10.7. The van der Waals surface area contributed by atoms with Gasteiger partial charge in [-0.15, -0.1) is 0 Å². The number of carboxylic acid groups (broad SMARTS) is 1. The summed E-state index contributed by atoms with van der Waals surface area (Å²) < 4.78 is 4.82. The smallest absolute Gasteiger partial charge is 0.306 e. The van der Waals surface area contributed by atoms with Gasteiger partial charge in [-0.2, -0.15) is 0 Å². The molecular weight excluding hydrogens is 176 g/mol. The quantitative estimate of drug-likeness (QED) is 0.475. The van der Waals surface area contributed by atoms with Gasteiger partial charge in [-0.3, -0.25) is 9.59 Å². The number of ether oxygens (including phenoxy) is 1. The molecule has 6 nitrogen and oxygen atoms in total. The third kappa shape index (κ3) is 6.06. The van der Waals surface area contributed by atoms with E-state index in [1.54, 1.807) is 0 Å². The molecule has 6 heteroatoms. The Morgan fingerprint density at radius 3 is 2.62 bits per heavy atom. The van der Waals surface area contributed by atoms with Crippen LogP contribution in [0.25, 0.3) is 0 Å². The lowest BCUT2D eigenvalue weighted by Crippen LogP contribution is -2.37. The van der Waals surface area contributed by atoms with E-state index in [0.29, 0.717) is 0 Å². The monoisotopic (exact) mass is 190 g/mol. The van der Waals surface area contributed by atoms with Crippen LogP contribution in [-0.2, 0) is 14.3 Å². The highest BCUT2D eigenvalue weighted by molar-refractivity contribution is 5.77. The second-order valence-electron chi connectivity index (χ2n) is 2.46. The number of carbonyl (C=O) groups is 2. The van der Waals surface area contributed by atoms with Gasteiger partial charge in [0.1, 0.15) is 0 Å². The minimum atomic E-state index is -0.964. The van der Waals surface area contributed by atoms with E-state index in [0.717, 1.165) is 0 Å². The Morgan fingerprint density at radius 2 is 2.23 bits per heavy atom. The van der Waals surface area contributed by atoms with Crippen molar-refractivity contribution in [3.8, 4) is 0 Å². The zero-order valence-electron chi connectivity index (χ0n) is 7.45. The third-order valence-corrected chi connectivity index (χ3v) is 1.45. The van der Waals surface area contributed by atoms with E-state index < -0.39 is 12.1 Å². The lowest BCUT2D eigenvalue weighted by Gasteiger charge is -2.13. The molecule has 76 valence electrons. The molecule has 0 radical (unpaired) electrons. The summed E-state index contributed by atoms with van der Waals surface area (Å²) in [5.74, 6) is -1.29. The number of amides is 1. The van der Waals surface area contributed by atoms with Crippen molar-refractivity contribution in [1.29, 1.82) is 0 Å². The number of rotatable bonds is 6. The van der Waals surface area contributed by atoms with Gasteiger partial charge in [-0.05, 0) is 0 Å². The van der Waals surface area contributed by atoms with Crippen LogP contribution in [0.1, 0.15) is 6.42 Å². The minimum Gasteiger partial charge on any atom is -0.481 e. The van der Waals surface area contributed by atoms with E-state index in [-0.39, 0.29) is 25.4 Å². The van der Waals surface area contributed by atoms with Gasteiger partial charge >= 0.3 is 5.97 Å². The van der Waals surface area contributed by atoms with E-state index in [2.05, 4.69) is 5.32 Å². The van der Waals surface area contributed by atoms with Gasteiger partial charge in [-0.25, -0.2) is 0 Å². The Morgan fingerprint density at radius 1 is 1.62 bits per heavy atom. The average molecular weight is 190 g/mol. The molecule has 4 N–H and O–H groups in total. The Kier molecular flexibility index (Phi) is 5.82. The van der Waals surface area contributed by atoms with Crippen molar-refractivity contribution in [3.63, 3.8) is 0 Å². The average Bonchev–Trinajstić information content (AvgIpc) is 2.10. The molecule has 0 rings (SSSR count). The van der Waals surface area contributed by atoms with Gasteiger partial charge in [-0.1, -0.05) is 0 Å². The molecule has 0 aliphatic carbocycles. The Balaban J connectivity index is 3.71. The van der Waals surface area contributed by atoms with E-state index in [1.807, 2.05) is 0 Å². The predicted octanol–water partition coefficient (Wildman–Crippen LogP) is -1.45. The topological polar surface area (TPSA) is 102 Å². The van der Waals surface area contributed by atoms with E-state index in [4.69, 9.17) is 15.6 Å². The van der Waals surface area contributed by atoms with E-state index >= 15 is 0 Å². The van der Waals surface area contributed by atoms with E-state index in [1.165, 1.54) is 7.11 Å². The van der Waals surface area contributed by atoms with Crippen LogP contribution in [0.2, 0.25) is 0 Å². The highest BCUT2D eigenvalue weighted by atomic mass is 16.5. The molecular formula is C7H14N2O4. The maximum Gasteiger partial charge on any atom is 0.306 e. The SMILES string of the molecule is COC(CNC(=O)CN)CC(=O)O. The van der Waals surface area contributed by atoms with Crippen molar-refractivity contribution in [2.75, 3.05) is 20.2 Å². The fraction of sp³-hybridized carbons (Fsp3) is 0.714. The summed E-state index contributed by atoms with van der Waals surface area (Å²) in [6, 6.07) is 0. The van der Waals surface area contributed by atoms with Crippen molar-refractivity contribution in [3.05, 3.63) is 0 Å². The van der Waals surface area contributed by atoms with Crippen molar-refractivity contribution >= 4 is 11.9 Å². The number of nitrogens with two attached hydrogens (primary N) is 1. The molecule has 0 aliphatic heterocycles. The second-order valence-corrected chi connectivity index (χ2v) is 2.46. The summed E-state index contributed by atoms with van der Waals surface area (Å²) in [5.41, 5.74) is 5.03. The summed E-state index contributed by atoms with van der Waals surface area (Å²) in [6.07, 6.45) is -0.644. The van der Waals surface area contributed by atoms with Gasteiger partial charge in [0, 0.05) is 13.7 Å². The van der Waals surface area contributed by atoms with Crippen LogP contribution >= 0.6 is 0 Å². The molecule has 0 spiro atoms. The molecule has 13 heavy (non-hydrogen) atoms. The van der Waals surface area contributed by atoms with Crippen LogP contribution in [0.5, 0.6) is 0 Å². The molecule has 1 amide bonds. The number of hydrogen-bond acceptors (Lipinski definition) is 4. The molecule has 0 saturated heterocycles. The molecule has 0 aromatic carbocycles. The third-order valence-electron chi connectivity index (χ3n) is 1.45. The zero-order valence-corrected chi connectivity index (χ0v) is 7.45. The van der Waals surface area contributed by atoms with Crippen LogP contribution in [0.4, 0.5) is 0 Å². The largest absolute Gasteiger partial charge is 0.481 e. The van der Waals surface area contributed by atoms with Gasteiger partial charge in [0.2, 0.25) is 5.91 Å². The molecule has 0 fully saturated rings. The number of methoxy groups -OCH3 is 1. The summed E-state index contributed by atoms with van der Waals surface area (Å²) in [7, 11) is 1.39. The van der Waals surface area contributed by atoms with Crippen LogP contribution in [-0.4, -0.2) is 43.3 Å².